The van der Waals surface area contributed by atoms with Gasteiger partial charge in [0.2, 0.25) is 5.91 Å². The summed E-state index contributed by atoms with van der Waals surface area (Å²) in [7, 11) is 1.62. The Balaban J connectivity index is 3.74. The molecule has 0 spiro atoms. The first-order chi connectivity index (χ1) is 25.5. The van der Waals surface area contributed by atoms with Crippen LogP contribution in [0, 0.1) is 0 Å². The van der Waals surface area contributed by atoms with Crippen LogP contribution < -0.4 is 5.32 Å². The number of quaternary nitrogens is 1. The highest BCUT2D eigenvalue weighted by molar-refractivity contribution is 7.47. The van der Waals surface area contributed by atoms with E-state index in [4.69, 9.17) is 9.05 Å². The number of phosphoric acid groups is 1. The molecule has 0 aliphatic carbocycles. The number of unbranched alkanes of at least 4 members (excludes halogenated alkanes) is 29. The van der Waals surface area contributed by atoms with Crippen molar-refractivity contribution in [2.45, 2.75) is 238 Å². The fourth-order valence-electron chi connectivity index (χ4n) is 6.93. The minimum atomic E-state index is -4.28. The van der Waals surface area contributed by atoms with Gasteiger partial charge in [-0.15, -0.1) is 0 Å². The third-order valence-corrected chi connectivity index (χ3v) is 11.6. The van der Waals surface area contributed by atoms with Gasteiger partial charge in [0.1, 0.15) is 13.2 Å². The molecule has 8 nitrogen and oxygen atoms in total. The van der Waals surface area contributed by atoms with E-state index in [9.17, 15) is 19.4 Å². The minimum absolute atomic E-state index is 0.0764. The van der Waals surface area contributed by atoms with Crippen LogP contribution in [-0.4, -0.2) is 73.4 Å². The van der Waals surface area contributed by atoms with E-state index in [0.717, 1.165) is 38.5 Å². The van der Waals surface area contributed by atoms with E-state index in [0.29, 0.717) is 23.9 Å². The maximum absolute atomic E-state index is 12.7. The van der Waals surface area contributed by atoms with Crippen molar-refractivity contribution in [1.29, 1.82) is 0 Å². The first-order valence-corrected chi connectivity index (χ1v) is 24.4. The number of carbonyl (C=O) groups excluding carboxylic acids is 1. The lowest BCUT2D eigenvalue weighted by Gasteiger charge is -2.26. The van der Waals surface area contributed by atoms with Crippen molar-refractivity contribution in [1.82, 2.24) is 5.32 Å². The predicted molar refractivity (Wildman–Crippen MR) is 226 cm³/mol. The highest BCUT2D eigenvalue weighted by Gasteiger charge is 2.28. The fourth-order valence-corrected chi connectivity index (χ4v) is 7.67. The lowest BCUT2D eigenvalue weighted by molar-refractivity contribution is -0.870. The molecule has 9 heteroatoms. The number of amides is 1. The van der Waals surface area contributed by atoms with Crippen LogP contribution in [0.1, 0.15) is 226 Å². The number of hydrogen-bond donors (Lipinski definition) is 3. The second-order valence-corrected chi connectivity index (χ2v) is 18.6. The molecule has 0 saturated heterocycles. The Bertz CT molecular complexity index is 839. The molecule has 0 aliphatic heterocycles. The number of nitrogens with zero attached hydrogens (tertiary/aromatic N) is 1. The fraction of sp³-hybridized carbons (Fsp3) is 0.977. The van der Waals surface area contributed by atoms with Crippen LogP contribution in [0.4, 0.5) is 0 Å². The van der Waals surface area contributed by atoms with E-state index in [1.807, 2.05) is 21.1 Å². The summed E-state index contributed by atoms with van der Waals surface area (Å²) in [6.45, 7) is 4.74. The third kappa shape index (κ3) is 39.5. The average molecular weight is 776 g/mol. The van der Waals surface area contributed by atoms with Crippen molar-refractivity contribution in [2.75, 3.05) is 40.9 Å². The summed E-state index contributed by atoms with van der Waals surface area (Å²) >= 11 is 0. The van der Waals surface area contributed by atoms with Crippen LogP contribution in [0.3, 0.4) is 0 Å². The number of hydrogen-bond acceptors (Lipinski definition) is 5. The molecule has 3 unspecified atom stereocenters. The summed E-state index contributed by atoms with van der Waals surface area (Å²) in [5.41, 5.74) is 0. The molecule has 0 aliphatic rings. The Morgan fingerprint density at radius 2 is 0.906 bits per heavy atom. The Labute approximate surface area is 329 Å². The number of rotatable bonds is 42. The number of aliphatic hydroxyl groups excluding tert-OH is 1. The van der Waals surface area contributed by atoms with E-state index in [-0.39, 0.29) is 19.1 Å². The lowest BCUT2D eigenvalue weighted by Crippen LogP contribution is -2.46. The highest BCUT2D eigenvalue weighted by atomic mass is 31.2. The molecule has 0 aromatic heterocycles. The first kappa shape index (κ1) is 52.5. The van der Waals surface area contributed by atoms with E-state index in [1.54, 1.807) is 0 Å². The van der Waals surface area contributed by atoms with Crippen LogP contribution in [0.5, 0.6) is 0 Å². The van der Waals surface area contributed by atoms with Gasteiger partial charge in [-0.25, -0.2) is 4.57 Å². The molecule has 0 fully saturated rings. The highest BCUT2D eigenvalue weighted by Crippen LogP contribution is 2.43. The molecule has 0 saturated carbocycles. The number of phosphoric ester groups is 1. The van der Waals surface area contributed by atoms with Crippen LogP contribution >= 0.6 is 7.82 Å². The van der Waals surface area contributed by atoms with Crippen molar-refractivity contribution < 1.29 is 32.9 Å². The largest absolute Gasteiger partial charge is 0.472 e. The zero-order valence-electron chi connectivity index (χ0n) is 36.0. The standard InChI is InChI=1S/C44H91N2O6P/c1-6-8-10-11-12-13-14-15-16-17-18-19-20-21-22-23-24-25-26-27-28-29-30-31-32-33-34-36-38-44(48)45-42(43(47)37-35-9-7-2)41-52-53(49,50)51-40-39-46(3,4)5/h42-43,47H,6-41H2,1-5H3,(H-,45,48,49,50)/p+1. The molecular formula is C44H92N2O6P+. The number of carbonyl (C=O) groups is 1. The van der Waals surface area contributed by atoms with Gasteiger partial charge in [0.15, 0.2) is 0 Å². The van der Waals surface area contributed by atoms with Gasteiger partial charge in [0.05, 0.1) is 39.9 Å². The average Bonchev–Trinajstić information content (AvgIpc) is 3.10. The number of likely N-dealkylation sites (N-methyl/N-ethyl adjacent to an activating group) is 1. The van der Waals surface area contributed by atoms with Gasteiger partial charge in [-0.2, -0.15) is 0 Å². The molecule has 0 bridgehead atoms. The molecule has 0 aromatic rings. The summed E-state index contributed by atoms with van der Waals surface area (Å²) < 4.78 is 23.3. The van der Waals surface area contributed by atoms with Crippen LogP contribution in [0.25, 0.3) is 0 Å². The Hall–Kier alpha value is -0.500. The molecule has 3 N–H and O–H groups in total. The second-order valence-electron chi connectivity index (χ2n) is 17.1. The Morgan fingerprint density at radius 1 is 0.566 bits per heavy atom. The summed E-state index contributed by atoms with van der Waals surface area (Å²) in [5, 5.41) is 13.6. The molecule has 0 aromatic carbocycles. The Kier molecular flexibility index (Phi) is 36.7. The zero-order chi connectivity index (χ0) is 39.3. The molecule has 1 amide bonds. The smallest absolute Gasteiger partial charge is 0.391 e. The quantitative estimate of drug-likeness (QED) is 0.0324. The molecular weight excluding hydrogens is 683 g/mol. The van der Waals surface area contributed by atoms with Gasteiger partial charge in [-0.3, -0.25) is 13.8 Å². The lowest BCUT2D eigenvalue weighted by atomic mass is 10.0. The molecule has 53 heavy (non-hydrogen) atoms. The van der Waals surface area contributed by atoms with Crippen molar-refractivity contribution >= 4 is 13.7 Å². The first-order valence-electron chi connectivity index (χ1n) is 22.9. The van der Waals surface area contributed by atoms with Crippen molar-refractivity contribution in [2.24, 2.45) is 0 Å². The summed E-state index contributed by atoms with van der Waals surface area (Å²) in [6.07, 6.45) is 41.0. The zero-order valence-corrected chi connectivity index (χ0v) is 36.9. The second kappa shape index (κ2) is 37.1. The third-order valence-electron chi connectivity index (χ3n) is 10.6. The monoisotopic (exact) mass is 776 g/mol. The van der Waals surface area contributed by atoms with Crippen molar-refractivity contribution in [3.8, 4) is 0 Å². The van der Waals surface area contributed by atoms with Gasteiger partial charge in [-0.1, -0.05) is 206 Å². The topological polar surface area (TPSA) is 105 Å². The normalized spacial score (nSPS) is 14.3. The van der Waals surface area contributed by atoms with Crippen molar-refractivity contribution in [3.05, 3.63) is 0 Å². The van der Waals surface area contributed by atoms with Gasteiger partial charge >= 0.3 is 7.82 Å². The van der Waals surface area contributed by atoms with Crippen molar-refractivity contribution in [3.63, 3.8) is 0 Å². The van der Waals surface area contributed by atoms with Gasteiger partial charge in [0, 0.05) is 6.42 Å². The van der Waals surface area contributed by atoms with E-state index in [2.05, 4.69) is 19.2 Å². The number of aliphatic hydroxyl groups is 1. The molecule has 3 atom stereocenters. The molecule has 318 valence electrons. The minimum Gasteiger partial charge on any atom is -0.391 e. The molecule has 0 radical (unpaired) electrons. The van der Waals surface area contributed by atoms with Gasteiger partial charge in [0.25, 0.3) is 0 Å². The van der Waals surface area contributed by atoms with Gasteiger partial charge in [-0.05, 0) is 12.8 Å². The molecule has 0 heterocycles. The molecule has 0 rings (SSSR count). The Morgan fingerprint density at radius 3 is 1.26 bits per heavy atom. The van der Waals surface area contributed by atoms with Gasteiger partial charge < -0.3 is 19.8 Å². The van der Waals surface area contributed by atoms with E-state index < -0.39 is 20.0 Å². The van der Waals surface area contributed by atoms with Crippen LogP contribution in [-0.2, 0) is 18.4 Å². The summed E-state index contributed by atoms with van der Waals surface area (Å²) in [4.78, 5) is 22.8. The number of nitrogens with one attached hydrogen (secondary N) is 1. The maximum Gasteiger partial charge on any atom is 0.472 e. The predicted octanol–water partition coefficient (Wildman–Crippen LogP) is 12.6. The maximum atomic E-state index is 12.7. The van der Waals surface area contributed by atoms with E-state index in [1.165, 1.54) is 161 Å². The van der Waals surface area contributed by atoms with E-state index >= 15 is 0 Å². The van der Waals surface area contributed by atoms with Crippen LogP contribution in [0.2, 0.25) is 0 Å². The van der Waals surface area contributed by atoms with Crippen LogP contribution in [0.15, 0.2) is 0 Å². The summed E-state index contributed by atoms with van der Waals surface area (Å²) in [6, 6.07) is -0.749. The SMILES string of the molecule is CCCCCCCCCCCCCCCCCCCCCCCCCCCCCCC(=O)NC(COP(=O)(O)OCC[N+](C)(C)C)C(O)CCCCC. The summed E-state index contributed by atoms with van der Waals surface area (Å²) in [5.74, 6) is -0.151.